The first-order valence-corrected chi connectivity index (χ1v) is 25.5. The molecule has 0 spiro atoms. The van der Waals surface area contributed by atoms with Crippen molar-refractivity contribution in [2.75, 3.05) is 4.90 Å². The van der Waals surface area contributed by atoms with E-state index in [1.165, 1.54) is 98.1 Å². The normalized spacial score (nSPS) is 10.8. The fourth-order valence-electron chi connectivity index (χ4n) is 9.36. The monoisotopic (exact) mass is 943 g/mol. The maximum Gasteiger partial charge on any atom is 0.0462 e. The van der Waals surface area contributed by atoms with Crippen molar-refractivity contribution in [1.82, 2.24) is 0 Å². The molecular formula is C70H57NS. The molecule has 0 radical (unpaired) electrons. The third kappa shape index (κ3) is 10.8. The molecule has 0 saturated carbocycles. The summed E-state index contributed by atoms with van der Waals surface area (Å²) in [6, 6.07) is 97.9. The Morgan fingerprint density at radius 2 is 0.667 bits per heavy atom. The first-order valence-electron chi connectivity index (χ1n) is 24.7. The SMILES string of the molecule is Cc1ccccc1.Cc1ccccc1.Cc1ccccc1-c1cc(-c2ccc(N(c3ccc(-c4cccc(-c5ccccc5)c4)cc3)c3ccc(-c4cccc5c4sc4ccccc45)cc3)cc2)ccc1C. The summed E-state index contributed by atoms with van der Waals surface area (Å²) in [6.45, 7) is 8.56. The number of hydrogen-bond donors (Lipinski definition) is 0. The fourth-order valence-corrected chi connectivity index (χ4v) is 10.6. The van der Waals surface area contributed by atoms with Gasteiger partial charge >= 0.3 is 0 Å². The second kappa shape index (κ2) is 22.0. The van der Waals surface area contributed by atoms with Gasteiger partial charge in [-0.25, -0.2) is 0 Å². The number of rotatable bonds is 8. The molecule has 1 aromatic heterocycles. The maximum atomic E-state index is 2.37. The molecule has 1 heterocycles. The van der Waals surface area contributed by atoms with Crippen LogP contribution in [0.5, 0.6) is 0 Å². The van der Waals surface area contributed by atoms with Gasteiger partial charge in [0.1, 0.15) is 0 Å². The van der Waals surface area contributed by atoms with Gasteiger partial charge in [-0.05, 0) is 149 Å². The van der Waals surface area contributed by atoms with Crippen LogP contribution in [0.3, 0.4) is 0 Å². The lowest BCUT2D eigenvalue weighted by molar-refractivity contribution is 1.28. The molecule has 0 aliphatic carbocycles. The number of benzene rings is 11. The van der Waals surface area contributed by atoms with E-state index < -0.39 is 0 Å². The van der Waals surface area contributed by atoms with Gasteiger partial charge in [0.25, 0.3) is 0 Å². The number of hydrogen-bond acceptors (Lipinski definition) is 2. The predicted molar refractivity (Wildman–Crippen MR) is 313 cm³/mol. The van der Waals surface area contributed by atoms with Crippen molar-refractivity contribution < 1.29 is 0 Å². The Labute approximate surface area is 429 Å². The predicted octanol–water partition coefficient (Wildman–Crippen LogP) is 20.5. The molecule has 0 unspecified atom stereocenters. The summed E-state index contributed by atoms with van der Waals surface area (Å²) in [5.74, 6) is 0. The molecule has 2 heteroatoms. The number of nitrogens with zero attached hydrogens (tertiary/aromatic N) is 1. The van der Waals surface area contributed by atoms with Crippen molar-refractivity contribution in [3.05, 3.63) is 295 Å². The summed E-state index contributed by atoms with van der Waals surface area (Å²) >= 11 is 1.88. The minimum atomic E-state index is 1.10. The lowest BCUT2D eigenvalue weighted by Gasteiger charge is -2.26. The van der Waals surface area contributed by atoms with E-state index in [1.54, 1.807) is 0 Å². The zero-order valence-corrected chi connectivity index (χ0v) is 42.2. The van der Waals surface area contributed by atoms with E-state index in [0.29, 0.717) is 0 Å². The van der Waals surface area contributed by atoms with Gasteiger partial charge in [-0.1, -0.05) is 230 Å². The topological polar surface area (TPSA) is 3.24 Å². The van der Waals surface area contributed by atoms with Gasteiger partial charge in [-0.2, -0.15) is 0 Å². The molecule has 0 aliphatic heterocycles. The van der Waals surface area contributed by atoms with Gasteiger partial charge in [0.2, 0.25) is 0 Å². The zero-order chi connectivity index (χ0) is 49.2. The average Bonchev–Trinajstić information content (AvgIpc) is 3.82. The lowest BCUT2D eigenvalue weighted by atomic mass is 9.93. The second-order valence-corrected chi connectivity index (χ2v) is 19.4. The molecule has 0 aliphatic rings. The molecule has 12 aromatic rings. The van der Waals surface area contributed by atoms with Crippen LogP contribution in [-0.2, 0) is 0 Å². The summed E-state index contributed by atoms with van der Waals surface area (Å²) in [7, 11) is 0. The standard InChI is InChI=1S/C56H41NS.2C7H8/c1-38-12-6-7-17-50(38)54-37-46(23-22-39(54)2)42-26-32-48(33-27-42)57(47-30-24-41(25-31-47)45-16-10-15-44(36-45)40-13-4-3-5-14-40)49-34-28-43(29-35-49)51-19-11-20-53-52-18-8-9-21-55(52)58-56(51)53;2*1-7-5-3-2-4-6-7/h3-37H,1-2H3;2*2-6H,1H3. The molecule has 1 nitrogen and oxygen atoms in total. The molecule has 0 saturated heterocycles. The van der Waals surface area contributed by atoms with Crippen LogP contribution in [-0.4, -0.2) is 0 Å². The van der Waals surface area contributed by atoms with Gasteiger partial charge < -0.3 is 4.90 Å². The van der Waals surface area contributed by atoms with Crippen molar-refractivity contribution in [3.63, 3.8) is 0 Å². The van der Waals surface area contributed by atoms with Crippen molar-refractivity contribution in [2.24, 2.45) is 0 Å². The minimum Gasteiger partial charge on any atom is -0.311 e. The van der Waals surface area contributed by atoms with E-state index in [4.69, 9.17) is 0 Å². The number of anilines is 3. The van der Waals surface area contributed by atoms with Gasteiger partial charge in [-0.15, -0.1) is 11.3 Å². The Morgan fingerprint density at radius 1 is 0.264 bits per heavy atom. The van der Waals surface area contributed by atoms with Gasteiger partial charge in [0.15, 0.2) is 0 Å². The zero-order valence-electron chi connectivity index (χ0n) is 41.3. The largest absolute Gasteiger partial charge is 0.311 e. The van der Waals surface area contributed by atoms with E-state index in [0.717, 1.165) is 17.1 Å². The molecule has 0 N–H and O–H groups in total. The molecule has 0 amide bonds. The first kappa shape index (κ1) is 47.1. The first-order chi connectivity index (χ1) is 35.4. The third-order valence-corrected chi connectivity index (χ3v) is 14.5. The van der Waals surface area contributed by atoms with Crippen LogP contribution in [0.25, 0.3) is 75.8 Å². The fraction of sp³-hybridized carbons (Fsp3) is 0.0571. The third-order valence-electron chi connectivity index (χ3n) is 13.3. The van der Waals surface area contributed by atoms with Crippen LogP contribution in [0.1, 0.15) is 22.3 Å². The van der Waals surface area contributed by atoms with Crippen LogP contribution in [0.15, 0.2) is 273 Å². The van der Waals surface area contributed by atoms with Crippen molar-refractivity contribution in [2.45, 2.75) is 27.7 Å². The highest BCUT2D eigenvalue weighted by atomic mass is 32.1. The van der Waals surface area contributed by atoms with Crippen molar-refractivity contribution >= 4 is 48.6 Å². The second-order valence-electron chi connectivity index (χ2n) is 18.4. The molecule has 11 aromatic carbocycles. The summed E-state index contributed by atoms with van der Waals surface area (Å²) in [5, 5.41) is 2.64. The van der Waals surface area contributed by atoms with E-state index >= 15 is 0 Å². The Balaban J connectivity index is 0.000000368. The smallest absolute Gasteiger partial charge is 0.0462 e. The van der Waals surface area contributed by atoms with Crippen LogP contribution < -0.4 is 4.90 Å². The van der Waals surface area contributed by atoms with E-state index in [2.05, 4.69) is 269 Å². The van der Waals surface area contributed by atoms with Gasteiger partial charge in [0, 0.05) is 37.2 Å². The number of fused-ring (bicyclic) bond motifs is 3. The minimum absolute atomic E-state index is 1.10. The molecule has 72 heavy (non-hydrogen) atoms. The highest BCUT2D eigenvalue weighted by Crippen LogP contribution is 2.42. The summed E-state index contributed by atoms with van der Waals surface area (Å²) < 4.78 is 2.65. The molecular weight excluding hydrogens is 887 g/mol. The molecule has 12 rings (SSSR count). The average molecular weight is 944 g/mol. The van der Waals surface area contributed by atoms with E-state index in [9.17, 15) is 0 Å². The van der Waals surface area contributed by atoms with Crippen LogP contribution in [0.2, 0.25) is 0 Å². The van der Waals surface area contributed by atoms with Crippen LogP contribution >= 0.6 is 11.3 Å². The van der Waals surface area contributed by atoms with Crippen LogP contribution in [0, 0.1) is 27.7 Å². The van der Waals surface area contributed by atoms with Crippen LogP contribution in [0.4, 0.5) is 17.1 Å². The van der Waals surface area contributed by atoms with Gasteiger partial charge in [-0.3, -0.25) is 0 Å². The van der Waals surface area contributed by atoms with Gasteiger partial charge in [0.05, 0.1) is 0 Å². The van der Waals surface area contributed by atoms with E-state index in [-0.39, 0.29) is 0 Å². The molecule has 0 fully saturated rings. The number of aryl methyl sites for hydroxylation is 4. The Kier molecular flexibility index (Phi) is 14.4. The molecule has 0 bridgehead atoms. The Bertz CT molecular complexity index is 3650. The lowest BCUT2D eigenvalue weighted by Crippen LogP contribution is -2.09. The highest BCUT2D eigenvalue weighted by Gasteiger charge is 2.16. The highest BCUT2D eigenvalue weighted by molar-refractivity contribution is 7.26. The van der Waals surface area contributed by atoms with Crippen molar-refractivity contribution in [3.8, 4) is 55.6 Å². The summed E-state index contributed by atoms with van der Waals surface area (Å²) in [4.78, 5) is 2.37. The Hall–Kier alpha value is -8.56. The van der Waals surface area contributed by atoms with Crippen molar-refractivity contribution in [1.29, 1.82) is 0 Å². The quantitative estimate of drug-likeness (QED) is 0.147. The summed E-state index contributed by atoms with van der Waals surface area (Å²) in [5.41, 5.74) is 20.8. The maximum absolute atomic E-state index is 2.37. The Morgan fingerprint density at radius 3 is 1.22 bits per heavy atom. The molecule has 348 valence electrons. The number of thiophene rings is 1. The molecule has 0 atom stereocenters. The van der Waals surface area contributed by atoms with E-state index in [1.807, 2.05) is 47.7 Å². The summed E-state index contributed by atoms with van der Waals surface area (Å²) in [6.07, 6.45) is 0.